The normalized spacial score (nSPS) is 26.8. The molecule has 6 heteroatoms. The number of hydrogen-bond donors (Lipinski definition) is 3. The van der Waals surface area contributed by atoms with Gasteiger partial charge in [0.2, 0.25) is 5.91 Å². The molecule has 1 saturated heterocycles. The minimum Gasteiger partial charge on any atom is -0.352 e. The first-order valence-corrected chi connectivity index (χ1v) is 14.1. The number of aryl methyl sites for hydroxylation is 1. The molecular formula is C34H26ClN3O2. The molecule has 0 bridgehead atoms. The van der Waals surface area contributed by atoms with E-state index in [0.717, 1.165) is 38.8 Å². The van der Waals surface area contributed by atoms with Crippen LogP contribution in [0.2, 0.25) is 5.02 Å². The molecule has 5 nitrogen and oxygen atoms in total. The molecule has 1 amide bonds. The molecule has 2 spiro atoms. The van der Waals surface area contributed by atoms with Crippen LogP contribution < -0.4 is 10.6 Å². The van der Waals surface area contributed by atoms with Gasteiger partial charge in [-0.3, -0.25) is 14.9 Å². The Bertz CT molecular complexity index is 1830. The molecule has 0 radical (unpaired) electrons. The van der Waals surface area contributed by atoms with Crippen molar-refractivity contribution in [3.05, 3.63) is 136 Å². The van der Waals surface area contributed by atoms with Crippen molar-refractivity contribution in [1.29, 1.82) is 0 Å². The average Bonchev–Trinajstić information content (AvgIpc) is 3.61. The van der Waals surface area contributed by atoms with Gasteiger partial charge in [-0.1, -0.05) is 90.5 Å². The first-order chi connectivity index (χ1) is 19.5. The number of H-pyrrole nitrogens is 1. The second-order valence-corrected chi connectivity index (χ2v) is 11.6. The number of nitrogens with one attached hydrogen (secondary N) is 3. The molecular weight excluding hydrogens is 518 g/mol. The zero-order valence-corrected chi connectivity index (χ0v) is 22.3. The molecule has 0 saturated carbocycles. The first-order valence-electron chi connectivity index (χ1n) is 13.7. The van der Waals surface area contributed by atoms with Gasteiger partial charge in [0.25, 0.3) is 0 Å². The number of aromatic amines is 1. The number of Topliss-reactive ketones (excluding diaryl/α,β-unsaturated/α-hetero) is 1. The molecule has 1 aromatic heterocycles. The smallest absolute Gasteiger partial charge is 0.250 e. The van der Waals surface area contributed by atoms with E-state index >= 15 is 4.79 Å². The maximum absolute atomic E-state index is 15.3. The molecule has 2 aliphatic heterocycles. The lowest BCUT2D eigenvalue weighted by atomic mass is 9.53. The Morgan fingerprint density at radius 2 is 1.50 bits per heavy atom. The lowest BCUT2D eigenvalue weighted by Crippen LogP contribution is -2.59. The number of fused-ring (bicyclic) bond motifs is 6. The van der Waals surface area contributed by atoms with Gasteiger partial charge in [-0.05, 0) is 53.8 Å². The van der Waals surface area contributed by atoms with E-state index in [9.17, 15) is 4.79 Å². The fourth-order valence-corrected chi connectivity index (χ4v) is 8.04. The zero-order chi connectivity index (χ0) is 27.1. The zero-order valence-electron chi connectivity index (χ0n) is 21.6. The highest BCUT2D eigenvalue weighted by atomic mass is 35.5. The van der Waals surface area contributed by atoms with Crippen LogP contribution in [0.25, 0.3) is 10.9 Å². The highest BCUT2D eigenvalue weighted by Crippen LogP contribution is 2.67. The molecule has 4 atom stereocenters. The quantitative estimate of drug-likeness (QED) is 0.226. The number of amides is 1. The number of hydrogen-bond acceptors (Lipinski definition) is 3. The van der Waals surface area contributed by atoms with E-state index in [0.29, 0.717) is 23.6 Å². The minimum absolute atomic E-state index is 0.0345. The van der Waals surface area contributed by atoms with Crippen LogP contribution in [-0.2, 0) is 16.8 Å². The number of rotatable bonds is 2. The van der Waals surface area contributed by atoms with Crippen LogP contribution in [0, 0.1) is 5.41 Å². The number of carbonyl (C=O) groups excluding carboxylic acids is 2. The fourth-order valence-electron chi connectivity index (χ4n) is 7.87. The lowest BCUT2D eigenvalue weighted by molar-refractivity contribution is -0.125. The maximum Gasteiger partial charge on any atom is 0.250 e. The number of carbonyl (C=O) groups is 2. The van der Waals surface area contributed by atoms with Gasteiger partial charge < -0.3 is 10.3 Å². The molecule has 3 aliphatic rings. The highest BCUT2D eigenvalue weighted by Gasteiger charge is 2.74. The van der Waals surface area contributed by atoms with E-state index in [2.05, 4.69) is 39.9 Å². The molecule has 3 heterocycles. The SMILES string of the molecule is O=C1Nc2ccccc2[C@]12N[C@H](c1ccccc1)[C@H](c1ccccc1)[C@@]21CCc2c([nH]c3ccc(Cl)cc23)C1=O. The molecule has 4 aromatic carbocycles. The molecule has 1 aliphatic carbocycles. The third-order valence-corrected chi connectivity index (χ3v) is 9.65. The van der Waals surface area contributed by atoms with Crippen molar-refractivity contribution in [2.75, 3.05) is 5.32 Å². The Hall–Kier alpha value is -4.19. The summed E-state index contributed by atoms with van der Waals surface area (Å²) in [5.41, 5.74) is 3.75. The summed E-state index contributed by atoms with van der Waals surface area (Å²) in [5.74, 6) is -0.514. The molecule has 8 rings (SSSR count). The van der Waals surface area contributed by atoms with E-state index in [1.807, 2.05) is 78.9 Å². The number of anilines is 1. The molecule has 196 valence electrons. The van der Waals surface area contributed by atoms with Crippen molar-refractivity contribution in [2.45, 2.75) is 30.3 Å². The van der Waals surface area contributed by atoms with Gasteiger partial charge >= 0.3 is 0 Å². The average molecular weight is 544 g/mol. The third kappa shape index (κ3) is 2.91. The Morgan fingerprint density at radius 1 is 0.800 bits per heavy atom. The second-order valence-electron chi connectivity index (χ2n) is 11.1. The van der Waals surface area contributed by atoms with Gasteiger partial charge in [-0.15, -0.1) is 0 Å². The third-order valence-electron chi connectivity index (χ3n) is 9.41. The van der Waals surface area contributed by atoms with Crippen molar-refractivity contribution >= 4 is 39.9 Å². The van der Waals surface area contributed by atoms with Crippen LogP contribution in [0.3, 0.4) is 0 Å². The van der Waals surface area contributed by atoms with Gasteiger partial charge in [-0.2, -0.15) is 0 Å². The standard InChI is InChI=1S/C34H26ClN3O2/c35-22-15-16-26-24(19-22)23-17-18-33(31(39)30(23)36-26)28(20-9-3-1-4-10-20)29(21-11-5-2-6-12-21)38-34(33)25-13-7-8-14-27(25)37-32(34)40/h1-16,19,28-29,36,38H,17-18H2,(H,37,40)/t28-,29+,33+,34-/m0/s1. The van der Waals surface area contributed by atoms with E-state index in [1.165, 1.54) is 0 Å². The summed E-state index contributed by atoms with van der Waals surface area (Å²) < 4.78 is 0. The molecule has 5 aromatic rings. The summed E-state index contributed by atoms with van der Waals surface area (Å²) >= 11 is 6.38. The fraction of sp³-hybridized carbons (Fsp3) is 0.176. The van der Waals surface area contributed by atoms with Gasteiger partial charge in [0.05, 0.1) is 11.1 Å². The number of halogens is 1. The van der Waals surface area contributed by atoms with Crippen molar-refractivity contribution in [2.24, 2.45) is 5.41 Å². The lowest BCUT2D eigenvalue weighted by Gasteiger charge is -2.46. The molecule has 3 N–H and O–H groups in total. The predicted molar refractivity (Wildman–Crippen MR) is 157 cm³/mol. The van der Waals surface area contributed by atoms with Crippen molar-refractivity contribution in [3.63, 3.8) is 0 Å². The van der Waals surface area contributed by atoms with Crippen LogP contribution in [-0.4, -0.2) is 16.7 Å². The molecule has 1 fully saturated rings. The van der Waals surface area contributed by atoms with E-state index in [-0.39, 0.29) is 23.7 Å². The summed E-state index contributed by atoms with van der Waals surface area (Å²) in [4.78, 5) is 33.1. The second kappa shape index (κ2) is 8.40. The maximum atomic E-state index is 15.3. The van der Waals surface area contributed by atoms with Gasteiger partial charge in [0.15, 0.2) is 5.78 Å². The first kappa shape index (κ1) is 23.7. The molecule has 40 heavy (non-hydrogen) atoms. The monoisotopic (exact) mass is 543 g/mol. The van der Waals surface area contributed by atoms with E-state index < -0.39 is 11.0 Å². The largest absolute Gasteiger partial charge is 0.352 e. The summed E-state index contributed by atoms with van der Waals surface area (Å²) in [7, 11) is 0. The van der Waals surface area contributed by atoms with Crippen LogP contribution >= 0.6 is 11.6 Å². The number of benzene rings is 4. The summed E-state index contributed by atoms with van der Waals surface area (Å²) in [6.07, 6.45) is 1.15. The van der Waals surface area contributed by atoms with E-state index in [1.54, 1.807) is 0 Å². The highest BCUT2D eigenvalue weighted by molar-refractivity contribution is 6.31. The summed E-state index contributed by atoms with van der Waals surface area (Å²) in [6, 6.07) is 33.6. The molecule has 0 unspecified atom stereocenters. The number of ketones is 1. The van der Waals surface area contributed by atoms with Crippen molar-refractivity contribution < 1.29 is 9.59 Å². The van der Waals surface area contributed by atoms with Crippen LogP contribution in [0.1, 0.15) is 51.1 Å². The Morgan fingerprint density at radius 3 is 2.27 bits per heavy atom. The summed E-state index contributed by atoms with van der Waals surface area (Å²) in [5, 5.41) is 8.58. The minimum atomic E-state index is -1.26. The Labute approximate surface area is 236 Å². The predicted octanol–water partition coefficient (Wildman–Crippen LogP) is 6.91. The number of aromatic nitrogens is 1. The topological polar surface area (TPSA) is 74.0 Å². The van der Waals surface area contributed by atoms with Crippen LogP contribution in [0.15, 0.2) is 103 Å². The summed E-state index contributed by atoms with van der Waals surface area (Å²) in [6.45, 7) is 0. The van der Waals surface area contributed by atoms with Crippen LogP contribution in [0.5, 0.6) is 0 Å². The van der Waals surface area contributed by atoms with Gasteiger partial charge in [0, 0.05) is 39.1 Å². The van der Waals surface area contributed by atoms with E-state index in [4.69, 9.17) is 11.6 Å². The van der Waals surface area contributed by atoms with Gasteiger partial charge in [-0.25, -0.2) is 0 Å². The van der Waals surface area contributed by atoms with Gasteiger partial charge in [0.1, 0.15) is 5.54 Å². The van der Waals surface area contributed by atoms with Crippen LogP contribution in [0.4, 0.5) is 5.69 Å². The Balaban J connectivity index is 1.46. The number of para-hydroxylation sites is 1. The van der Waals surface area contributed by atoms with Crippen molar-refractivity contribution in [1.82, 2.24) is 10.3 Å². The Kier molecular flexibility index (Phi) is 4.97. The van der Waals surface area contributed by atoms with Crippen molar-refractivity contribution in [3.8, 4) is 0 Å².